The van der Waals surface area contributed by atoms with Crippen LogP contribution in [0.4, 0.5) is 0 Å². The Bertz CT molecular complexity index is 593. The molecule has 1 aromatic heterocycles. The van der Waals surface area contributed by atoms with Gasteiger partial charge >= 0.3 is 0 Å². The van der Waals surface area contributed by atoms with E-state index >= 15 is 0 Å². The Kier molecular flexibility index (Phi) is 4.25. The van der Waals surface area contributed by atoms with Crippen molar-refractivity contribution < 1.29 is 4.79 Å². The molecule has 0 radical (unpaired) electrons. The first-order valence-corrected chi connectivity index (χ1v) is 9.32. The van der Waals surface area contributed by atoms with Gasteiger partial charge in [-0.1, -0.05) is 31.7 Å². The lowest BCUT2D eigenvalue weighted by atomic mass is 9.48. The predicted octanol–water partition coefficient (Wildman–Crippen LogP) is 2.54. The summed E-state index contributed by atoms with van der Waals surface area (Å²) in [6.45, 7) is 9.61. The number of carbonyl (C=O) groups is 1. The van der Waals surface area contributed by atoms with E-state index in [-0.39, 0.29) is 11.3 Å². The molecule has 2 atom stereocenters. The van der Waals surface area contributed by atoms with Crippen molar-refractivity contribution in [2.45, 2.75) is 40.0 Å². The minimum atomic E-state index is 0.145. The second-order valence-electron chi connectivity index (χ2n) is 8.30. The number of hydrogen-bond donors (Lipinski definition) is 0. The van der Waals surface area contributed by atoms with Gasteiger partial charge in [0.2, 0.25) is 0 Å². The monoisotopic (exact) mass is 336 g/mol. The van der Waals surface area contributed by atoms with Crippen LogP contribution in [0.5, 0.6) is 0 Å². The van der Waals surface area contributed by atoms with Crippen molar-refractivity contribution in [3.05, 3.63) is 10.6 Å². The smallest absolute Gasteiger partial charge is 0.267 e. The summed E-state index contributed by atoms with van der Waals surface area (Å²) in [6.07, 6.45) is 3.03. The van der Waals surface area contributed by atoms with Gasteiger partial charge in [0.1, 0.15) is 4.88 Å². The Hall–Kier alpha value is -1.01. The first kappa shape index (κ1) is 16.8. The van der Waals surface area contributed by atoms with Crippen LogP contribution in [0, 0.1) is 16.7 Å². The van der Waals surface area contributed by atoms with Crippen molar-refractivity contribution in [3.8, 4) is 0 Å². The molecule has 2 heterocycles. The molecular weight excluding hydrogens is 308 g/mol. The van der Waals surface area contributed by atoms with Crippen molar-refractivity contribution in [2.75, 3.05) is 33.7 Å². The van der Waals surface area contributed by atoms with E-state index in [1.54, 1.807) is 0 Å². The summed E-state index contributed by atoms with van der Waals surface area (Å²) in [4.78, 5) is 18.1. The van der Waals surface area contributed by atoms with Gasteiger partial charge in [-0.25, -0.2) is 0 Å². The molecule has 1 amide bonds. The molecular formula is C17H28N4OS. The number of rotatable bonds is 5. The van der Waals surface area contributed by atoms with Crippen molar-refractivity contribution in [1.82, 2.24) is 19.4 Å². The van der Waals surface area contributed by atoms with Gasteiger partial charge in [-0.2, -0.15) is 0 Å². The fourth-order valence-electron chi connectivity index (χ4n) is 5.04. The minimum absolute atomic E-state index is 0.145. The zero-order valence-corrected chi connectivity index (χ0v) is 15.7. The molecule has 128 valence electrons. The van der Waals surface area contributed by atoms with Crippen LogP contribution in [0.1, 0.15) is 49.0 Å². The summed E-state index contributed by atoms with van der Waals surface area (Å²) in [5.41, 5.74) is 1.48. The standard InChI is InChI=1S/C17H28N4OS/c1-6-7-12-14(23-19-18-12)15(22)21-8-13-16(2,3)9-17(13,11-21)10-20(4)5/h13H,6-11H2,1-5H3/t13-,17+/m1/s1. The molecule has 6 heteroatoms. The summed E-state index contributed by atoms with van der Waals surface area (Å²) < 4.78 is 4.02. The van der Waals surface area contributed by atoms with Gasteiger partial charge < -0.3 is 9.80 Å². The first-order valence-electron chi connectivity index (χ1n) is 8.54. The van der Waals surface area contributed by atoms with Crippen LogP contribution in [0.25, 0.3) is 0 Å². The van der Waals surface area contributed by atoms with Crippen LogP contribution < -0.4 is 0 Å². The number of fused-ring (bicyclic) bond motifs is 1. The average molecular weight is 337 g/mol. The Morgan fingerprint density at radius 2 is 2.17 bits per heavy atom. The molecule has 3 rings (SSSR count). The van der Waals surface area contributed by atoms with Crippen LogP contribution in [0.2, 0.25) is 0 Å². The number of hydrogen-bond acceptors (Lipinski definition) is 5. The summed E-state index contributed by atoms with van der Waals surface area (Å²) in [7, 11) is 4.27. The van der Waals surface area contributed by atoms with E-state index in [1.807, 2.05) is 0 Å². The molecule has 0 unspecified atom stereocenters. The summed E-state index contributed by atoms with van der Waals surface area (Å²) in [6, 6.07) is 0. The highest BCUT2D eigenvalue weighted by molar-refractivity contribution is 7.08. The molecule has 1 aromatic rings. The normalized spacial score (nSPS) is 28.8. The maximum atomic E-state index is 13.0. The predicted molar refractivity (Wildman–Crippen MR) is 92.7 cm³/mol. The molecule has 1 aliphatic carbocycles. The number of amides is 1. The van der Waals surface area contributed by atoms with Crippen LogP contribution in [0.15, 0.2) is 0 Å². The van der Waals surface area contributed by atoms with E-state index in [0.717, 1.165) is 43.0 Å². The van der Waals surface area contributed by atoms with Crippen LogP contribution in [-0.2, 0) is 6.42 Å². The minimum Gasteiger partial charge on any atom is -0.337 e. The topological polar surface area (TPSA) is 49.3 Å². The van der Waals surface area contributed by atoms with E-state index < -0.39 is 0 Å². The van der Waals surface area contributed by atoms with E-state index in [0.29, 0.717) is 11.3 Å². The fraction of sp³-hybridized carbons (Fsp3) is 0.824. The van der Waals surface area contributed by atoms with Crippen LogP contribution in [-0.4, -0.2) is 59.0 Å². The van der Waals surface area contributed by atoms with Crippen LogP contribution >= 0.6 is 11.5 Å². The molecule has 2 aliphatic rings. The highest BCUT2D eigenvalue weighted by Gasteiger charge is 2.63. The van der Waals surface area contributed by atoms with Gasteiger partial charge in [0.25, 0.3) is 5.91 Å². The van der Waals surface area contributed by atoms with Crippen molar-refractivity contribution >= 4 is 17.4 Å². The van der Waals surface area contributed by atoms with Gasteiger partial charge in [-0.3, -0.25) is 4.79 Å². The van der Waals surface area contributed by atoms with E-state index in [1.165, 1.54) is 18.0 Å². The van der Waals surface area contributed by atoms with E-state index in [4.69, 9.17) is 0 Å². The van der Waals surface area contributed by atoms with Gasteiger partial charge in [-0.15, -0.1) is 5.10 Å². The first-order chi connectivity index (χ1) is 10.8. The summed E-state index contributed by atoms with van der Waals surface area (Å²) in [5.74, 6) is 0.739. The number of nitrogens with zero attached hydrogens (tertiary/aromatic N) is 4. The molecule has 0 bridgehead atoms. The third-order valence-electron chi connectivity index (χ3n) is 5.55. The van der Waals surface area contributed by atoms with E-state index in [9.17, 15) is 4.79 Å². The zero-order chi connectivity index (χ0) is 16.8. The SMILES string of the molecule is CCCc1nnsc1C(=O)N1C[C@@H]2C(C)(C)C[C@]2(CN(C)C)C1. The summed E-state index contributed by atoms with van der Waals surface area (Å²) >= 11 is 1.26. The van der Waals surface area contributed by atoms with Crippen LogP contribution in [0.3, 0.4) is 0 Å². The Morgan fingerprint density at radius 1 is 1.43 bits per heavy atom. The number of likely N-dealkylation sites (tertiary alicyclic amines) is 1. The molecule has 23 heavy (non-hydrogen) atoms. The lowest BCUT2D eigenvalue weighted by Gasteiger charge is -2.57. The molecule has 1 saturated heterocycles. The second-order valence-corrected chi connectivity index (χ2v) is 9.06. The molecule has 2 fully saturated rings. The number of carbonyl (C=O) groups excluding carboxylic acids is 1. The largest absolute Gasteiger partial charge is 0.337 e. The quantitative estimate of drug-likeness (QED) is 0.829. The Morgan fingerprint density at radius 3 is 2.78 bits per heavy atom. The molecule has 0 aromatic carbocycles. The number of aryl methyl sites for hydroxylation is 1. The summed E-state index contributed by atoms with van der Waals surface area (Å²) in [5, 5.41) is 4.16. The van der Waals surface area contributed by atoms with Crippen molar-refractivity contribution in [1.29, 1.82) is 0 Å². The fourth-order valence-corrected chi connectivity index (χ4v) is 5.72. The highest BCUT2D eigenvalue weighted by Crippen LogP contribution is 2.63. The lowest BCUT2D eigenvalue weighted by molar-refractivity contribution is -0.0789. The molecule has 1 aliphatic heterocycles. The molecule has 0 spiro atoms. The average Bonchev–Trinajstić information content (AvgIpc) is 3.00. The van der Waals surface area contributed by atoms with Gasteiger partial charge in [-0.05, 0) is 49.8 Å². The number of aromatic nitrogens is 2. The maximum absolute atomic E-state index is 13.0. The Balaban J connectivity index is 1.80. The maximum Gasteiger partial charge on any atom is 0.267 e. The van der Waals surface area contributed by atoms with E-state index in [2.05, 4.69) is 54.3 Å². The molecule has 1 saturated carbocycles. The third-order valence-corrected chi connectivity index (χ3v) is 6.31. The lowest BCUT2D eigenvalue weighted by Crippen LogP contribution is -2.57. The molecule has 5 nitrogen and oxygen atoms in total. The second kappa shape index (κ2) is 5.81. The van der Waals surface area contributed by atoms with Gasteiger partial charge in [0.05, 0.1) is 5.69 Å². The van der Waals surface area contributed by atoms with Crippen molar-refractivity contribution in [2.24, 2.45) is 16.7 Å². The molecule has 0 N–H and O–H groups in total. The van der Waals surface area contributed by atoms with Gasteiger partial charge in [0, 0.05) is 25.0 Å². The Labute approximate surface area is 143 Å². The van der Waals surface area contributed by atoms with Gasteiger partial charge in [0.15, 0.2) is 0 Å². The van der Waals surface area contributed by atoms with Crippen molar-refractivity contribution in [3.63, 3.8) is 0 Å². The third kappa shape index (κ3) is 2.80. The highest BCUT2D eigenvalue weighted by atomic mass is 32.1. The zero-order valence-electron chi connectivity index (χ0n) is 14.9.